The van der Waals surface area contributed by atoms with Crippen LogP contribution in [0.4, 0.5) is 9.59 Å². The molecule has 0 saturated carbocycles. The number of imidazole rings is 2. The number of fused-ring (bicyclic) bond motifs is 2. The van der Waals surface area contributed by atoms with Crippen molar-refractivity contribution in [2.75, 3.05) is 26.3 Å². The van der Waals surface area contributed by atoms with Crippen molar-refractivity contribution < 1.29 is 28.9 Å². The summed E-state index contributed by atoms with van der Waals surface area (Å²) in [5.41, 5.74) is 24.3. The van der Waals surface area contributed by atoms with Crippen LogP contribution < -0.4 is 5.32 Å². The molecule has 0 radical (unpaired) electrons. The predicted molar refractivity (Wildman–Crippen MR) is 270 cm³/mol. The molecule has 0 atom stereocenters. The molecule has 6 aromatic rings. The molecule has 2 heterocycles. The Morgan fingerprint density at radius 3 is 1.79 bits per heavy atom. The van der Waals surface area contributed by atoms with E-state index in [1.807, 2.05) is 106 Å². The molecule has 68 heavy (non-hydrogen) atoms. The maximum atomic E-state index is 12.3. The van der Waals surface area contributed by atoms with Crippen LogP contribution in [0.15, 0.2) is 107 Å². The molecule has 0 aliphatic heterocycles. The lowest BCUT2D eigenvalue weighted by atomic mass is 10.1. The lowest BCUT2D eigenvalue weighted by Gasteiger charge is -2.20. The Balaban J connectivity index is 0.000000254. The highest BCUT2D eigenvalue weighted by atomic mass is 28.3. The first-order chi connectivity index (χ1) is 32.6. The molecule has 360 valence electrons. The molecule has 0 unspecified atom stereocenters. The number of nitrogens with one attached hydrogen (secondary N) is 1. The first-order valence-electron chi connectivity index (χ1n) is 22.7. The van der Waals surface area contributed by atoms with Crippen LogP contribution in [0.3, 0.4) is 0 Å². The highest BCUT2D eigenvalue weighted by Gasteiger charge is 2.20. The van der Waals surface area contributed by atoms with E-state index in [0.29, 0.717) is 64.3 Å². The van der Waals surface area contributed by atoms with Gasteiger partial charge in [0.25, 0.3) is 0 Å². The lowest BCUT2D eigenvalue weighted by molar-refractivity contribution is 0.0847. The fraction of sp³-hybridized carbons (Fsp3) is 0.417. The largest absolute Gasteiger partial charge is 0.465 e. The van der Waals surface area contributed by atoms with Crippen molar-refractivity contribution in [3.05, 3.63) is 152 Å². The molecule has 0 spiro atoms. The van der Waals surface area contributed by atoms with Crippen molar-refractivity contribution in [1.29, 1.82) is 0 Å². The molecular formula is C48H64N12O6Si2. The van der Waals surface area contributed by atoms with Gasteiger partial charge in [0.1, 0.15) is 31.7 Å². The Hall–Kier alpha value is -6.67. The van der Waals surface area contributed by atoms with Gasteiger partial charge in [-0.2, -0.15) is 0 Å². The molecule has 2 amide bonds. The van der Waals surface area contributed by atoms with Gasteiger partial charge in [-0.1, -0.05) is 122 Å². The lowest BCUT2D eigenvalue weighted by Crippen LogP contribution is -2.30. The van der Waals surface area contributed by atoms with E-state index in [1.54, 1.807) is 0 Å². The van der Waals surface area contributed by atoms with Crippen molar-refractivity contribution in [2.45, 2.75) is 104 Å². The van der Waals surface area contributed by atoms with Gasteiger partial charge in [0.05, 0.1) is 35.2 Å². The van der Waals surface area contributed by atoms with E-state index in [9.17, 15) is 14.7 Å². The van der Waals surface area contributed by atoms with Crippen molar-refractivity contribution in [1.82, 2.24) is 29.3 Å². The van der Waals surface area contributed by atoms with Crippen molar-refractivity contribution in [3.63, 3.8) is 0 Å². The van der Waals surface area contributed by atoms with Crippen molar-refractivity contribution in [3.8, 4) is 0 Å². The number of ether oxygens (including phenoxy) is 3. The van der Waals surface area contributed by atoms with Crippen LogP contribution in [0.5, 0.6) is 0 Å². The number of alkyl carbamates (subject to hydrolysis) is 1. The average molecular weight is 961 g/mol. The molecule has 2 aromatic heterocycles. The van der Waals surface area contributed by atoms with Crippen molar-refractivity contribution in [2.24, 2.45) is 10.2 Å². The van der Waals surface area contributed by atoms with Crippen LogP contribution in [0, 0.1) is 0 Å². The van der Waals surface area contributed by atoms with Crippen LogP contribution in [0.1, 0.15) is 33.9 Å². The second-order valence-electron chi connectivity index (χ2n) is 18.7. The molecule has 4 aromatic carbocycles. The Bertz CT molecular complexity index is 2650. The number of nitrogens with zero attached hydrogens (tertiary/aromatic N) is 11. The number of hydrogen-bond acceptors (Lipinski definition) is 9. The summed E-state index contributed by atoms with van der Waals surface area (Å²) in [5, 5.41) is 19.9. The highest BCUT2D eigenvalue weighted by Crippen LogP contribution is 2.23. The Morgan fingerprint density at radius 1 is 0.676 bits per heavy atom. The van der Waals surface area contributed by atoms with Crippen LogP contribution in [-0.2, 0) is 66.8 Å². The second-order valence-corrected chi connectivity index (χ2v) is 29.9. The van der Waals surface area contributed by atoms with Crippen LogP contribution in [-0.4, -0.2) is 83.7 Å². The Morgan fingerprint density at radius 2 is 1.22 bits per heavy atom. The third-order valence-electron chi connectivity index (χ3n) is 10.8. The summed E-state index contributed by atoms with van der Waals surface area (Å²) in [4.78, 5) is 40.7. The minimum absolute atomic E-state index is 0.143. The van der Waals surface area contributed by atoms with Gasteiger partial charge in [-0.3, -0.25) is 4.90 Å². The first kappa shape index (κ1) is 52.3. The molecule has 2 N–H and O–H groups in total. The fourth-order valence-electron chi connectivity index (χ4n) is 6.91. The summed E-state index contributed by atoms with van der Waals surface area (Å²) < 4.78 is 21.3. The third kappa shape index (κ3) is 17.5. The maximum absolute atomic E-state index is 12.3. The number of benzene rings is 4. The first-order valence-corrected chi connectivity index (χ1v) is 30.1. The second kappa shape index (κ2) is 26.0. The van der Waals surface area contributed by atoms with Gasteiger partial charge in [0.2, 0.25) is 0 Å². The number of aromatic nitrogens is 4. The van der Waals surface area contributed by atoms with Crippen LogP contribution in [0.25, 0.3) is 43.0 Å². The molecule has 18 nitrogen and oxygen atoms in total. The highest BCUT2D eigenvalue weighted by molar-refractivity contribution is 6.76. The average Bonchev–Trinajstić information content (AvgIpc) is 3.83. The van der Waals surface area contributed by atoms with Crippen molar-refractivity contribution >= 4 is 50.4 Å². The maximum Gasteiger partial charge on any atom is 0.408 e. The van der Waals surface area contributed by atoms with E-state index in [-0.39, 0.29) is 26.2 Å². The monoisotopic (exact) mass is 960 g/mol. The fourth-order valence-corrected chi connectivity index (χ4v) is 8.42. The van der Waals surface area contributed by atoms with E-state index in [0.717, 1.165) is 56.4 Å². The SMILES string of the molecule is C[Si](C)(C)CCOCn1c(CN(Cc2ccccc2)C(=O)O)nc2ccc(CCN=[N+]=[N-])cc21.C[Si](C)(C)CCOCn1c(CNC(=O)OCc2ccccc2)nc2cc(CCN=[N+]=[N-])ccc21. The quantitative estimate of drug-likeness (QED) is 0.0194. The number of carbonyl (C=O) groups is 2. The smallest absolute Gasteiger partial charge is 0.408 e. The van der Waals surface area contributed by atoms with E-state index in [4.69, 9.17) is 35.2 Å². The van der Waals surface area contributed by atoms with Gasteiger partial charge >= 0.3 is 12.2 Å². The van der Waals surface area contributed by atoms with Gasteiger partial charge in [-0.25, -0.2) is 19.6 Å². The Labute approximate surface area is 399 Å². The van der Waals surface area contributed by atoms with E-state index in [1.165, 1.54) is 4.90 Å². The summed E-state index contributed by atoms with van der Waals surface area (Å²) in [6.45, 7) is 17.5. The van der Waals surface area contributed by atoms with Crippen LogP contribution >= 0.6 is 0 Å². The number of azide groups is 2. The van der Waals surface area contributed by atoms with Gasteiger partial charge in [0.15, 0.2) is 0 Å². The van der Waals surface area contributed by atoms with E-state index >= 15 is 0 Å². The number of rotatable bonds is 24. The van der Waals surface area contributed by atoms with E-state index in [2.05, 4.69) is 64.7 Å². The zero-order valence-electron chi connectivity index (χ0n) is 40.0. The van der Waals surface area contributed by atoms with Gasteiger partial charge in [-0.05, 0) is 82.5 Å². The molecular weight excluding hydrogens is 897 g/mol. The molecule has 0 aliphatic rings. The third-order valence-corrected chi connectivity index (χ3v) is 14.2. The number of amides is 2. The standard InChI is InChI=1S/2C24H32N6O3Si/c1-34(2,3)14-13-32-18-30-22-10-9-19(11-12-27-29-25)15-21(22)28-23(30)16-26-24(31)33-17-20-7-5-4-6-8-20;1-34(2,3)14-13-33-18-30-22-15-19(11-12-26-28-25)9-10-21(22)27-23(30)17-29(24(31)32)16-20-7-5-4-6-8-20/h4-10,15H,11-14,16-18H2,1-3H3,(H,26,31);4-10,15H,11-14,16-18H2,1-3H3,(H,31,32). The summed E-state index contributed by atoms with van der Waals surface area (Å²) >= 11 is 0. The number of carbonyl (C=O) groups excluding carboxylic acids is 1. The summed E-state index contributed by atoms with van der Waals surface area (Å²) in [6.07, 6.45) is -0.250. The minimum Gasteiger partial charge on any atom is -0.465 e. The van der Waals surface area contributed by atoms with Gasteiger partial charge < -0.3 is 33.8 Å². The molecule has 0 bridgehead atoms. The molecule has 0 fully saturated rings. The van der Waals surface area contributed by atoms with Crippen LogP contribution in [0.2, 0.25) is 51.4 Å². The van der Waals surface area contributed by atoms with Gasteiger partial charge in [0, 0.05) is 58.8 Å². The summed E-state index contributed by atoms with van der Waals surface area (Å²) in [6, 6.07) is 33.1. The predicted octanol–water partition coefficient (Wildman–Crippen LogP) is 11.5. The normalized spacial score (nSPS) is 11.3. The summed E-state index contributed by atoms with van der Waals surface area (Å²) in [7, 11) is -2.43. The molecule has 0 saturated heterocycles. The topological polar surface area (TPSA) is 230 Å². The molecule has 6 rings (SSSR count). The zero-order valence-corrected chi connectivity index (χ0v) is 42.0. The van der Waals surface area contributed by atoms with E-state index < -0.39 is 28.3 Å². The molecule has 0 aliphatic carbocycles. The number of carboxylic acid groups (broad SMARTS) is 1. The molecule has 20 heteroatoms. The summed E-state index contributed by atoms with van der Waals surface area (Å²) in [5.74, 6) is 1.32. The zero-order chi connectivity index (χ0) is 48.9. The van der Waals surface area contributed by atoms with Gasteiger partial charge in [-0.15, -0.1) is 0 Å². The Kier molecular flexibility index (Phi) is 20.0. The number of hydrogen-bond donors (Lipinski definition) is 2. The minimum atomic E-state index is -1.23.